The van der Waals surface area contributed by atoms with Crippen LogP contribution in [0, 0.1) is 11.3 Å². The molecule has 2 fully saturated rings. The number of carbonyl (C=O) groups is 3. The number of rotatable bonds is 4. The van der Waals surface area contributed by atoms with Crippen LogP contribution in [0.3, 0.4) is 0 Å². The predicted molar refractivity (Wildman–Crippen MR) is 148 cm³/mol. The zero-order chi connectivity index (χ0) is 30.1. The summed E-state index contributed by atoms with van der Waals surface area (Å²) < 4.78 is 17.0. The van der Waals surface area contributed by atoms with E-state index < -0.39 is 52.7 Å². The Morgan fingerprint density at radius 2 is 1.76 bits per heavy atom. The summed E-state index contributed by atoms with van der Waals surface area (Å²) in [5, 5.41) is 33.9. The summed E-state index contributed by atoms with van der Waals surface area (Å²) in [6.07, 6.45) is 2.80. The van der Waals surface area contributed by atoms with Crippen molar-refractivity contribution in [3.63, 3.8) is 0 Å². The van der Waals surface area contributed by atoms with Crippen LogP contribution in [-0.2, 0) is 35.0 Å². The molecule has 0 amide bonds. The molecule has 0 spiro atoms. The number of fused-ring (bicyclic) bond motifs is 5. The number of carbonyl (C=O) groups excluding carboxylic acids is 3. The SMILES string of the molecule is CC(=O)O[C@H]1O[C@@H]([C@@H](C)c2ccc3c(c2)CC[C@H]2[C@H]3C[C@@H](OC(C)=O)[C@@]3(O)CC=CC(=O)[C@]23C)C[C@@](C)(O)[C@]1(C)O. The molecule has 0 unspecified atom stereocenters. The normalized spacial score (nSPS) is 42.4. The van der Waals surface area contributed by atoms with Gasteiger partial charge < -0.3 is 29.5 Å². The number of hydrogen-bond donors (Lipinski definition) is 3. The van der Waals surface area contributed by atoms with Gasteiger partial charge in [-0.2, -0.15) is 0 Å². The summed E-state index contributed by atoms with van der Waals surface area (Å²) in [6, 6.07) is 6.18. The number of benzene rings is 1. The molecule has 4 aliphatic rings. The molecule has 224 valence electrons. The standard InChI is InChI=1S/C32H42O9/c1-17(25-16-29(4,36)31(6,37)28(41-25)40-19(3)34)20-9-11-22-21(14-20)10-12-24-23(22)15-27(39-18(2)33)32(38)13-7-8-26(35)30(24,32)5/h7-9,11,14,17,23-25,27-28,36-38H,10,12-13,15-16H2,1-6H3/t17-,23-,24-,25+,27+,28-,29+,30-,31+,32-/m0/s1. The van der Waals surface area contributed by atoms with Gasteiger partial charge in [0.25, 0.3) is 0 Å². The fourth-order valence-electron chi connectivity index (χ4n) is 7.88. The smallest absolute Gasteiger partial charge is 0.305 e. The lowest BCUT2D eigenvalue weighted by atomic mass is 9.47. The van der Waals surface area contributed by atoms with E-state index in [1.54, 1.807) is 12.2 Å². The number of aliphatic hydroxyl groups is 3. The van der Waals surface area contributed by atoms with Crippen molar-refractivity contribution >= 4 is 17.7 Å². The van der Waals surface area contributed by atoms with Crippen molar-refractivity contribution in [1.82, 2.24) is 0 Å². The highest BCUT2D eigenvalue weighted by Gasteiger charge is 2.66. The van der Waals surface area contributed by atoms with Crippen LogP contribution in [0.1, 0.15) is 95.8 Å². The number of esters is 2. The van der Waals surface area contributed by atoms with E-state index in [1.165, 1.54) is 27.7 Å². The van der Waals surface area contributed by atoms with Crippen molar-refractivity contribution in [3.05, 3.63) is 47.0 Å². The van der Waals surface area contributed by atoms with Crippen LogP contribution in [0.15, 0.2) is 30.4 Å². The van der Waals surface area contributed by atoms with Crippen LogP contribution >= 0.6 is 0 Å². The second-order valence-corrected chi connectivity index (χ2v) is 13.2. The van der Waals surface area contributed by atoms with Crippen LogP contribution in [0.25, 0.3) is 0 Å². The van der Waals surface area contributed by atoms with Gasteiger partial charge in [0.05, 0.1) is 17.1 Å². The largest absolute Gasteiger partial charge is 0.459 e. The van der Waals surface area contributed by atoms with Crippen LogP contribution in [0.4, 0.5) is 0 Å². The molecule has 0 aromatic heterocycles. The van der Waals surface area contributed by atoms with E-state index in [2.05, 4.69) is 12.1 Å². The first-order chi connectivity index (χ1) is 19.0. The molecule has 0 bridgehead atoms. The molecule has 9 nitrogen and oxygen atoms in total. The molecular formula is C32H42O9. The Labute approximate surface area is 240 Å². The Morgan fingerprint density at radius 1 is 1.07 bits per heavy atom. The summed E-state index contributed by atoms with van der Waals surface area (Å²) in [4.78, 5) is 37.1. The highest BCUT2D eigenvalue weighted by atomic mass is 16.7. The molecule has 1 saturated carbocycles. The van der Waals surface area contributed by atoms with E-state index in [-0.39, 0.29) is 36.4 Å². The minimum Gasteiger partial charge on any atom is -0.459 e. The number of hydrogen-bond acceptors (Lipinski definition) is 9. The Kier molecular flexibility index (Phi) is 7.29. The molecule has 41 heavy (non-hydrogen) atoms. The summed E-state index contributed by atoms with van der Waals surface area (Å²) in [5.74, 6) is -1.63. The molecule has 5 rings (SSSR count). The van der Waals surface area contributed by atoms with Gasteiger partial charge in [-0.25, -0.2) is 0 Å². The number of aryl methyl sites for hydroxylation is 1. The van der Waals surface area contributed by atoms with Gasteiger partial charge in [0, 0.05) is 26.2 Å². The minimum absolute atomic E-state index is 0.0803. The van der Waals surface area contributed by atoms with Gasteiger partial charge in [-0.3, -0.25) is 14.4 Å². The van der Waals surface area contributed by atoms with Gasteiger partial charge in [-0.05, 0) is 81.1 Å². The van der Waals surface area contributed by atoms with Crippen LogP contribution in [0.5, 0.6) is 0 Å². The fraction of sp³-hybridized carbons (Fsp3) is 0.656. The first-order valence-corrected chi connectivity index (χ1v) is 14.5. The average Bonchev–Trinajstić information content (AvgIpc) is 2.87. The van der Waals surface area contributed by atoms with Gasteiger partial charge in [0.1, 0.15) is 11.7 Å². The first-order valence-electron chi connectivity index (χ1n) is 14.5. The summed E-state index contributed by atoms with van der Waals surface area (Å²) >= 11 is 0. The Morgan fingerprint density at radius 3 is 2.41 bits per heavy atom. The van der Waals surface area contributed by atoms with Gasteiger partial charge in [-0.1, -0.05) is 31.2 Å². The van der Waals surface area contributed by atoms with Crippen molar-refractivity contribution in [1.29, 1.82) is 0 Å². The van der Waals surface area contributed by atoms with Gasteiger partial charge in [-0.15, -0.1) is 0 Å². The molecule has 1 saturated heterocycles. The summed E-state index contributed by atoms with van der Waals surface area (Å²) in [7, 11) is 0. The topological polar surface area (TPSA) is 140 Å². The van der Waals surface area contributed by atoms with E-state index in [0.29, 0.717) is 19.3 Å². The monoisotopic (exact) mass is 570 g/mol. The Hall–Kier alpha value is -2.59. The highest BCUT2D eigenvalue weighted by molar-refractivity contribution is 5.97. The predicted octanol–water partition coefficient (Wildman–Crippen LogP) is 3.22. The van der Waals surface area contributed by atoms with E-state index in [0.717, 1.165) is 16.7 Å². The van der Waals surface area contributed by atoms with E-state index in [1.807, 2.05) is 19.9 Å². The van der Waals surface area contributed by atoms with Crippen molar-refractivity contribution in [2.24, 2.45) is 11.3 Å². The number of ketones is 1. The van der Waals surface area contributed by atoms with E-state index in [9.17, 15) is 29.7 Å². The first kappa shape index (κ1) is 29.9. The molecule has 9 heteroatoms. The minimum atomic E-state index is -1.79. The van der Waals surface area contributed by atoms with Crippen molar-refractivity contribution in [2.75, 3.05) is 0 Å². The molecule has 10 atom stereocenters. The lowest BCUT2D eigenvalue weighted by Gasteiger charge is -2.59. The maximum absolute atomic E-state index is 13.4. The maximum atomic E-state index is 13.4. The van der Waals surface area contributed by atoms with Crippen LogP contribution in [0.2, 0.25) is 0 Å². The number of ether oxygens (including phenoxy) is 3. The molecule has 3 aliphatic carbocycles. The van der Waals surface area contributed by atoms with Crippen LogP contribution < -0.4 is 0 Å². The quantitative estimate of drug-likeness (QED) is 0.466. The van der Waals surface area contributed by atoms with E-state index >= 15 is 0 Å². The second-order valence-electron chi connectivity index (χ2n) is 13.2. The average molecular weight is 571 g/mol. The molecular weight excluding hydrogens is 528 g/mol. The molecule has 1 aliphatic heterocycles. The van der Waals surface area contributed by atoms with Gasteiger partial charge >= 0.3 is 11.9 Å². The summed E-state index contributed by atoms with van der Waals surface area (Å²) in [5.41, 5.74) is -2.73. The van der Waals surface area contributed by atoms with Crippen molar-refractivity contribution < 1.29 is 43.9 Å². The zero-order valence-electron chi connectivity index (χ0n) is 24.7. The van der Waals surface area contributed by atoms with Gasteiger partial charge in [0.15, 0.2) is 11.4 Å². The highest BCUT2D eigenvalue weighted by Crippen LogP contribution is 2.61. The zero-order valence-corrected chi connectivity index (χ0v) is 24.7. The lowest BCUT2D eigenvalue weighted by molar-refractivity contribution is -0.324. The number of allylic oxidation sites excluding steroid dienone is 1. The third kappa shape index (κ3) is 4.56. The molecule has 3 N–H and O–H groups in total. The molecule has 1 heterocycles. The van der Waals surface area contributed by atoms with Crippen LogP contribution in [-0.4, -0.2) is 68.3 Å². The molecule has 1 aromatic carbocycles. The van der Waals surface area contributed by atoms with E-state index in [4.69, 9.17) is 14.2 Å². The second kappa shape index (κ2) is 10.0. The van der Waals surface area contributed by atoms with Gasteiger partial charge in [0.2, 0.25) is 6.29 Å². The van der Waals surface area contributed by atoms with Crippen molar-refractivity contribution in [2.45, 2.75) is 121 Å². The molecule has 1 aromatic rings. The van der Waals surface area contributed by atoms with Crippen molar-refractivity contribution in [3.8, 4) is 0 Å². The third-order valence-corrected chi connectivity index (χ3v) is 10.7. The molecule has 0 radical (unpaired) electrons. The third-order valence-electron chi connectivity index (χ3n) is 10.7. The Bertz CT molecular complexity index is 1280. The summed E-state index contributed by atoms with van der Waals surface area (Å²) in [6.45, 7) is 9.28. The fourth-order valence-corrected chi connectivity index (χ4v) is 7.88. The maximum Gasteiger partial charge on any atom is 0.305 e. The Balaban J connectivity index is 1.46. The lowest BCUT2D eigenvalue weighted by Crippen LogP contribution is -2.68.